The minimum atomic E-state index is 0.439. The molecule has 0 aliphatic heterocycles. The van der Waals surface area contributed by atoms with Gasteiger partial charge in [-0.15, -0.1) is 0 Å². The van der Waals surface area contributed by atoms with Gasteiger partial charge in [-0.2, -0.15) is 5.10 Å². The Labute approximate surface area is 99.5 Å². The van der Waals surface area contributed by atoms with Crippen molar-refractivity contribution in [3.05, 3.63) is 43.0 Å². The van der Waals surface area contributed by atoms with Gasteiger partial charge < -0.3 is 4.57 Å². The number of fused-ring (bicyclic) bond motifs is 1. The van der Waals surface area contributed by atoms with Crippen LogP contribution in [0.2, 0.25) is 0 Å². The second-order valence-corrected chi connectivity index (χ2v) is 4.37. The predicted molar refractivity (Wildman–Crippen MR) is 66.8 cm³/mol. The first kappa shape index (κ1) is 10.1. The lowest BCUT2D eigenvalue weighted by Gasteiger charge is -2.05. The van der Waals surface area contributed by atoms with E-state index in [-0.39, 0.29) is 0 Å². The zero-order valence-corrected chi connectivity index (χ0v) is 9.91. The molecule has 0 fully saturated rings. The van der Waals surface area contributed by atoms with E-state index >= 15 is 0 Å². The second kappa shape index (κ2) is 3.73. The van der Waals surface area contributed by atoms with Crippen molar-refractivity contribution in [2.24, 2.45) is 0 Å². The highest BCUT2D eigenvalue weighted by atomic mass is 15.3. The lowest BCUT2D eigenvalue weighted by atomic mass is 10.2. The third-order valence-electron chi connectivity index (χ3n) is 2.88. The maximum atomic E-state index is 4.55. The van der Waals surface area contributed by atoms with Crippen LogP contribution in [-0.2, 0) is 0 Å². The average molecular weight is 226 g/mol. The summed E-state index contributed by atoms with van der Waals surface area (Å²) in [7, 11) is 0. The fourth-order valence-corrected chi connectivity index (χ4v) is 2.00. The van der Waals surface area contributed by atoms with E-state index in [0.29, 0.717) is 6.04 Å². The van der Waals surface area contributed by atoms with Crippen LogP contribution in [0, 0.1) is 0 Å². The van der Waals surface area contributed by atoms with Gasteiger partial charge in [0, 0.05) is 42.5 Å². The van der Waals surface area contributed by atoms with Gasteiger partial charge in [0.1, 0.15) is 5.65 Å². The topological polar surface area (TPSA) is 35.1 Å². The van der Waals surface area contributed by atoms with E-state index in [1.807, 2.05) is 22.8 Å². The number of pyridine rings is 1. The Morgan fingerprint density at radius 2 is 1.88 bits per heavy atom. The second-order valence-electron chi connectivity index (χ2n) is 4.37. The van der Waals surface area contributed by atoms with Crippen LogP contribution in [0.3, 0.4) is 0 Å². The molecule has 0 bridgehead atoms. The molecule has 3 aromatic heterocycles. The Kier molecular flexibility index (Phi) is 2.21. The normalized spacial score (nSPS) is 11.5. The molecule has 0 atom stereocenters. The summed E-state index contributed by atoms with van der Waals surface area (Å²) >= 11 is 0. The Hall–Kier alpha value is -2.10. The molecule has 0 aromatic carbocycles. The minimum absolute atomic E-state index is 0.439. The lowest BCUT2D eigenvalue weighted by Crippen LogP contribution is -1.97. The van der Waals surface area contributed by atoms with Crippen molar-refractivity contribution in [2.45, 2.75) is 19.9 Å². The van der Waals surface area contributed by atoms with Gasteiger partial charge in [0.15, 0.2) is 0 Å². The van der Waals surface area contributed by atoms with Gasteiger partial charge in [0.05, 0.1) is 5.69 Å². The Morgan fingerprint density at radius 1 is 1.12 bits per heavy atom. The van der Waals surface area contributed by atoms with E-state index in [4.69, 9.17) is 0 Å². The molecule has 0 amide bonds. The number of aromatic nitrogens is 4. The van der Waals surface area contributed by atoms with Gasteiger partial charge in [-0.25, -0.2) is 4.52 Å². The maximum absolute atomic E-state index is 4.55. The van der Waals surface area contributed by atoms with Crippen molar-refractivity contribution >= 4 is 5.65 Å². The van der Waals surface area contributed by atoms with E-state index in [2.05, 4.69) is 40.8 Å². The number of nitrogens with zero attached hydrogens (tertiary/aromatic N) is 4. The molecule has 3 heterocycles. The van der Waals surface area contributed by atoms with E-state index in [9.17, 15) is 0 Å². The molecule has 0 aliphatic carbocycles. The van der Waals surface area contributed by atoms with Crippen molar-refractivity contribution in [2.75, 3.05) is 0 Å². The SMILES string of the molecule is CC(C)n1ccn2nc(-c3ccncc3)cc12. The highest BCUT2D eigenvalue weighted by Crippen LogP contribution is 2.21. The van der Waals surface area contributed by atoms with Crippen LogP contribution in [-0.4, -0.2) is 19.2 Å². The summed E-state index contributed by atoms with van der Waals surface area (Å²) in [4.78, 5) is 4.02. The molecule has 0 N–H and O–H groups in total. The molecular weight excluding hydrogens is 212 g/mol. The van der Waals surface area contributed by atoms with Gasteiger partial charge >= 0.3 is 0 Å². The van der Waals surface area contributed by atoms with Crippen LogP contribution in [0.25, 0.3) is 16.9 Å². The molecule has 0 spiro atoms. The zero-order valence-electron chi connectivity index (χ0n) is 9.91. The monoisotopic (exact) mass is 226 g/mol. The van der Waals surface area contributed by atoms with E-state index < -0.39 is 0 Å². The fourth-order valence-electron chi connectivity index (χ4n) is 2.00. The quantitative estimate of drug-likeness (QED) is 0.673. The molecule has 0 saturated heterocycles. The van der Waals surface area contributed by atoms with Crippen molar-refractivity contribution in [3.8, 4) is 11.3 Å². The Bertz CT molecular complexity index is 634. The number of hydrogen-bond donors (Lipinski definition) is 0. The summed E-state index contributed by atoms with van der Waals surface area (Å²) in [5, 5.41) is 4.55. The first-order valence-electron chi connectivity index (χ1n) is 5.72. The first-order valence-corrected chi connectivity index (χ1v) is 5.72. The predicted octanol–water partition coefficient (Wildman–Crippen LogP) is 2.78. The summed E-state index contributed by atoms with van der Waals surface area (Å²) in [5.41, 5.74) is 3.20. The van der Waals surface area contributed by atoms with Crippen molar-refractivity contribution in [3.63, 3.8) is 0 Å². The highest BCUT2D eigenvalue weighted by Gasteiger charge is 2.09. The van der Waals surface area contributed by atoms with Crippen LogP contribution in [0.15, 0.2) is 43.0 Å². The molecule has 86 valence electrons. The molecule has 3 rings (SSSR count). The summed E-state index contributed by atoms with van der Waals surface area (Å²) in [6, 6.07) is 6.49. The molecule has 0 unspecified atom stereocenters. The molecular formula is C13H14N4. The third kappa shape index (κ3) is 1.62. The summed E-state index contributed by atoms with van der Waals surface area (Å²) in [6.07, 6.45) is 7.62. The molecule has 3 aromatic rings. The first-order chi connectivity index (χ1) is 8.25. The third-order valence-corrected chi connectivity index (χ3v) is 2.88. The molecule has 0 saturated carbocycles. The largest absolute Gasteiger partial charge is 0.329 e. The summed E-state index contributed by atoms with van der Waals surface area (Å²) < 4.78 is 4.12. The smallest absolute Gasteiger partial charge is 0.136 e. The average Bonchev–Trinajstić information content (AvgIpc) is 2.88. The molecule has 4 heteroatoms. The van der Waals surface area contributed by atoms with E-state index in [0.717, 1.165) is 16.9 Å². The van der Waals surface area contributed by atoms with Gasteiger partial charge in [-0.3, -0.25) is 4.98 Å². The number of rotatable bonds is 2. The standard InChI is InChI=1S/C13H14N4/c1-10(2)16-7-8-17-13(16)9-12(15-17)11-3-5-14-6-4-11/h3-10H,1-2H3. The summed E-state index contributed by atoms with van der Waals surface area (Å²) in [6.45, 7) is 4.33. The van der Waals surface area contributed by atoms with Crippen LogP contribution in [0.1, 0.15) is 19.9 Å². The fraction of sp³-hybridized carbons (Fsp3) is 0.231. The minimum Gasteiger partial charge on any atom is -0.329 e. The number of hydrogen-bond acceptors (Lipinski definition) is 2. The van der Waals surface area contributed by atoms with Gasteiger partial charge in [-0.05, 0) is 26.0 Å². The summed E-state index contributed by atoms with van der Waals surface area (Å²) in [5.74, 6) is 0. The highest BCUT2D eigenvalue weighted by molar-refractivity contribution is 5.63. The van der Waals surface area contributed by atoms with Crippen LogP contribution >= 0.6 is 0 Å². The number of imidazole rings is 1. The maximum Gasteiger partial charge on any atom is 0.136 e. The lowest BCUT2D eigenvalue weighted by molar-refractivity contribution is 0.619. The van der Waals surface area contributed by atoms with Gasteiger partial charge in [0.2, 0.25) is 0 Å². The van der Waals surface area contributed by atoms with Crippen molar-refractivity contribution < 1.29 is 0 Å². The molecule has 4 nitrogen and oxygen atoms in total. The van der Waals surface area contributed by atoms with Gasteiger partial charge in [0.25, 0.3) is 0 Å². The van der Waals surface area contributed by atoms with Crippen molar-refractivity contribution in [1.82, 2.24) is 19.2 Å². The van der Waals surface area contributed by atoms with E-state index in [1.54, 1.807) is 12.4 Å². The van der Waals surface area contributed by atoms with Crippen LogP contribution in [0.4, 0.5) is 0 Å². The zero-order chi connectivity index (χ0) is 11.8. The van der Waals surface area contributed by atoms with Crippen LogP contribution in [0.5, 0.6) is 0 Å². The molecule has 17 heavy (non-hydrogen) atoms. The Morgan fingerprint density at radius 3 is 2.59 bits per heavy atom. The molecule has 0 aliphatic rings. The Balaban J connectivity index is 2.15. The van der Waals surface area contributed by atoms with E-state index in [1.165, 1.54) is 0 Å². The van der Waals surface area contributed by atoms with Crippen molar-refractivity contribution in [1.29, 1.82) is 0 Å². The molecule has 0 radical (unpaired) electrons. The van der Waals surface area contributed by atoms with Crippen LogP contribution < -0.4 is 0 Å². The van der Waals surface area contributed by atoms with Gasteiger partial charge in [-0.1, -0.05) is 0 Å².